The lowest BCUT2D eigenvalue weighted by Gasteiger charge is -2.28. The molecule has 0 saturated heterocycles. The van der Waals surface area contributed by atoms with Crippen LogP contribution in [0.1, 0.15) is 46.8 Å². The highest BCUT2D eigenvalue weighted by Gasteiger charge is 2.21. The minimum Gasteiger partial charge on any atom is -0.496 e. The summed E-state index contributed by atoms with van der Waals surface area (Å²) in [5, 5.41) is 0. The lowest BCUT2D eigenvalue weighted by Crippen LogP contribution is -2.35. The van der Waals surface area contributed by atoms with E-state index in [0.29, 0.717) is 23.8 Å². The maximum atomic E-state index is 12.9. The van der Waals surface area contributed by atoms with Crippen LogP contribution in [-0.4, -0.2) is 30.9 Å². The van der Waals surface area contributed by atoms with Gasteiger partial charge in [0, 0.05) is 13.1 Å². The van der Waals surface area contributed by atoms with E-state index in [1.54, 1.807) is 7.11 Å². The molecule has 2 aromatic rings. The van der Waals surface area contributed by atoms with E-state index in [4.69, 9.17) is 4.74 Å². The summed E-state index contributed by atoms with van der Waals surface area (Å²) in [6.45, 7) is 6.48. The number of benzene rings is 2. The summed E-state index contributed by atoms with van der Waals surface area (Å²) in [6, 6.07) is 14.4. The Bertz CT molecular complexity index is 736. The quantitative estimate of drug-likeness (QED) is 0.777. The van der Waals surface area contributed by atoms with E-state index in [1.807, 2.05) is 18.2 Å². The Morgan fingerprint density at radius 1 is 1.17 bits per heavy atom. The predicted molar refractivity (Wildman–Crippen MR) is 96.8 cm³/mol. The van der Waals surface area contributed by atoms with Gasteiger partial charge in [-0.3, -0.25) is 9.69 Å². The van der Waals surface area contributed by atoms with Crippen LogP contribution in [0, 0.1) is 0 Å². The molecule has 0 aliphatic carbocycles. The second-order valence-corrected chi connectivity index (χ2v) is 6.77. The maximum absolute atomic E-state index is 12.9. The van der Waals surface area contributed by atoms with Crippen LogP contribution in [0.25, 0.3) is 0 Å². The molecule has 0 saturated carbocycles. The number of methoxy groups -OCH3 is 1. The molecular formula is C21H25NO2. The molecule has 3 rings (SSSR count). The lowest BCUT2D eigenvalue weighted by atomic mass is 9.97. The summed E-state index contributed by atoms with van der Waals surface area (Å²) in [6.07, 6.45) is 1.01. The Morgan fingerprint density at radius 2 is 1.92 bits per heavy atom. The Kier molecular flexibility index (Phi) is 5.00. The Hall–Kier alpha value is -2.13. The van der Waals surface area contributed by atoms with Gasteiger partial charge in [-0.1, -0.05) is 44.2 Å². The molecular weight excluding hydrogens is 298 g/mol. The number of ketones is 1. The standard InChI is InChI=1S/C21H25NO2/c1-15(2)17-8-9-21(24-3)19(12-17)20(23)14-22-11-10-16-6-4-5-7-18(16)13-22/h4-9,12,15H,10-11,13-14H2,1-3H3. The molecule has 2 aromatic carbocycles. The third-order valence-corrected chi connectivity index (χ3v) is 4.77. The normalized spacial score (nSPS) is 14.5. The molecule has 0 radical (unpaired) electrons. The first kappa shape index (κ1) is 16.7. The molecule has 126 valence electrons. The summed E-state index contributed by atoms with van der Waals surface area (Å²) < 4.78 is 5.41. The van der Waals surface area contributed by atoms with Crippen molar-refractivity contribution in [2.24, 2.45) is 0 Å². The molecule has 1 aliphatic rings. The topological polar surface area (TPSA) is 29.5 Å². The summed E-state index contributed by atoms with van der Waals surface area (Å²) in [7, 11) is 1.62. The molecule has 0 spiro atoms. The Labute approximate surface area is 144 Å². The van der Waals surface area contributed by atoms with Crippen LogP contribution in [0.2, 0.25) is 0 Å². The molecule has 24 heavy (non-hydrogen) atoms. The van der Waals surface area contributed by atoms with Crippen molar-refractivity contribution in [3.8, 4) is 5.75 Å². The van der Waals surface area contributed by atoms with Crippen molar-refractivity contribution < 1.29 is 9.53 Å². The van der Waals surface area contributed by atoms with Crippen molar-refractivity contribution >= 4 is 5.78 Å². The predicted octanol–water partition coefficient (Wildman–Crippen LogP) is 4.06. The van der Waals surface area contributed by atoms with Crippen molar-refractivity contribution in [1.82, 2.24) is 4.90 Å². The summed E-state index contributed by atoms with van der Waals surface area (Å²) in [5.74, 6) is 1.19. The number of rotatable bonds is 5. The van der Waals surface area contributed by atoms with Gasteiger partial charge in [-0.05, 0) is 41.2 Å². The zero-order chi connectivity index (χ0) is 17.1. The van der Waals surface area contributed by atoms with E-state index in [0.717, 1.165) is 19.5 Å². The van der Waals surface area contributed by atoms with Crippen molar-refractivity contribution in [2.75, 3.05) is 20.2 Å². The largest absolute Gasteiger partial charge is 0.496 e. The van der Waals surface area contributed by atoms with E-state index in [9.17, 15) is 4.79 Å². The van der Waals surface area contributed by atoms with E-state index < -0.39 is 0 Å². The van der Waals surface area contributed by atoms with E-state index in [2.05, 4.69) is 43.0 Å². The highest BCUT2D eigenvalue weighted by atomic mass is 16.5. The summed E-state index contributed by atoms with van der Waals surface area (Å²) in [5.41, 5.74) is 4.60. The number of carbonyl (C=O) groups excluding carboxylic acids is 1. The van der Waals surface area contributed by atoms with Gasteiger partial charge >= 0.3 is 0 Å². The zero-order valence-electron chi connectivity index (χ0n) is 14.7. The first-order valence-electron chi connectivity index (χ1n) is 8.58. The first-order valence-corrected chi connectivity index (χ1v) is 8.58. The first-order chi connectivity index (χ1) is 11.6. The fourth-order valence-corrected chi connectivity index (χ4v) is 3.28. The van der Waals surface area contributed by atoms with Gasteiger partial charge in [0.1, 0.15) is 5.75 Å². The third-order valence-electron chi connectivity index (χ3n) is 4.77. The summed E-state index contributed by atoms with van der Waals surface area (Å²) >= 11 is 0. The van der Waals surface area contributed by atoms with Gasteiger partial charge in [0.15, 0.2) is 5.78 Å². The van der Waals surface area contributed by atoms with Crippen LogP contribution < -0.4 is 4.74 Å². The number of hydrogen-bond acceptors (Lipinski definition) is 3. The highest BCUT2D eigenvalue weighted by Crippen LogP contribution is 2.26. The molecule has 1 heterocycles. The minimum atomic E-state index is 0.133. The number of hydrogen-bond donors (Lipinski definition) is 0. The van der Waals surface area contributed by atoms with Gasteiger partial charge in [-0.2, -0.15) is 0 Å². The van der Waals surface area contributed by atoms with Crippen molar-refractivity contribution in [2.45, 2.75) is 32.7 Å². The van der Waals surface area contributed by atoms with Crippen molar-refractivity contribution in [3.05, 3.63) is 64.7 Å². The van der Waals surface area contributed by atoms with Crippen molar-refractivity contribution in [1.29, 1.82) is 0 Å². The molecule has 0 N–H and O–H groups in total. The monoisotopic (exact) mass is 323 g/mol. The number of carbonyl (C=O) groups is 1. The SMILES string of the molecule is COc1ccc(C(C)C)cc1C(=O)CN1CCc2ccccc2C1. The highest BCUT2D eigenvalue weighted by molar-refractivity contribution is 6.00. The van der Waals surface area contributed by atoms with E-state index >= 15 is 0 Å². The zero-order valence-corrected chi connectivity index (χ0v) is 14.7. The van der Waals surface area contributed by atoms with Crippen molar-refractivity contribution in [3.63, 3.8) is 0 Å². The van der Waals surface area contributed by atoms with Crippen LogP contribution in [0.4, 0.5) is 0 Å². The van der Waals surface area contributed by atoms with Gasteiger partial charge in [0.05, 0.1) is 19.2 Å². The smallest absolute Gasteiger partial charge is 0.180 e. The molecule has 0 amide bonds. The molecule has 3 nitrogen and oxygen atoms in total. The molecule has 3 heteroatoms. The average molecular weight is 323 g/mol. The second kappa shape index (κ2) is 7.18. The van der Waals surface area contributed by atoms with E-state index in [-0.39, 0.29) is 5.78 Å². The maximum Gasteiger partial charge on any atom is 0.180 e. The third kappa shape index (κ3) is 3.51. The van der Waals surface area contributed by atoms with Gasteiger partial charge in [0.25, 0.3) is 0 Å². The fraction of sp³-hybridized carbons (Fsp3) is 0.381. The molecule has 0 fully saturated rings. The van der Waals surface area contributed by atoms with Gasteiger partial charge in [-0.25, -0.2) is 0 Å². The lowest BCUT2D eigenvalue weighted by molar-refractivity contribution is 0.0918. The summed E-state index contributed by atoms with van der Waals surface area (Å²) in [4.78, 5) is 15.1. The average Bonchev–Trinajstić information content (AvgIpc) is 2.60. The molecule has 0 atom stereocenters. The van der Waals surface area contributed by atoms with Crippen LogP contribution in [0.3, 0.4) is 0 Å². The number of fused-ring (bicyclic) bond motifs is 1. The molecule has 0 unspecified atom stereocenters. The minimum absolute atomic E-state index is 0.133. The second-order valence-electron chi connectivity index (χ2n) is 6.77. The van der Waals surface area contributed by atoms with Gasteiger partial charge < -0.3 is 4.74 Å². The van der Waals surface area contributed by atoms with E-state index in [1.165, 1.54) is 16.7 Å². The van der Waals surface area contributed by atoms with Crippen LogP contribution in [0.5, 0.6) is 5.75 Å². The van der Waals surface area contributed by atoms with Crippen LogP contribution in [-0.2, 0) is 13.0 Å². The number of ether oxygens (including phenoxy) is 1. The molecule has 0 aromatic heterocycles. The Morgan fingerprint density at radius 3 is 2.62 bits per heavy atom. The van der Waals surface area contributed by atoms with Gasteiger partial charge in [-0.15, -0.1) is 0 Å². The Balaban J connectivity index is 1.77. The van der Waals surface area contributed by atoms with Crippen LogP contribution in [0.15, 0.2) is 42.5 Å². The number of nitrogens with zero attached hydrogens (tertiary/aromatic N) is 1. The molecule has 1 aliphatic heterocycles. The molecule has 0 bridgehead atoms. The van der Waals surface area contributed by atoms with Crippen LogP contribution >= 0.6 is 0 Å². The van der Waals surface area contributed by atoms with Gasteiger partial charge in [0.2, 0.25) is 0 Å². The number of Topliss-reactive ketones (excluding diaryl/α,β-unsaturated/α-hetero) is 1. The fourth-order valence-electron chi connectivity index (χ4n) is 3.28.